The van der Waals surface area contributed by atoms with Gasteiger partial charge >= 0.3 is 0 Å². The summed E-state index contributed by atoms with van der Waals surface area (Å²) in [6, 6.07) is 15.7. The van der Waals surface area contributed by atoms with Crippen LogP contribution in [0.3, 0.4) is 0 Å². The molecule has 0 bridgehead atoms. The first kappa shape index (κ1) is 32.0. The number of carbonyl (C=O) groups excluding carboxylic acids is 2. The van der Waals surface area contributed by atoms with Crippen LogP contribution in [0.25, 0.3) is 0 Å². The van der Waals surface area contributed by atoms with Crippen molar-refractivity contribution in [2.45, 2.75) is 38.3 Å². The van der Waals surface area contributed by atoms with E-state index >= 15 is 0 Å². The fraction of sp³-hybridized carbons (Fsp3) is 0.286. The van der Waals surface area contributed by atoms with Gasteiger partial charge < -0.3 is 10.2 Å². The molecule has 12 heteroatoms. The summed E-state index contributed by atoms with van der Waals surface area (Å²) in [7, 11) is -4.26. The summed E-state index contributed by atoms with van der Waals surface area (Å²) in [6.07, 6.45) is 0. The van der Waals surface area contributed by atoms with Gasteiger partial charge in [0.1, 0.15) is 12.6 Å². The first-order chi connectivity index (χ1) is 18.8. The van der Waals surface area contributed by atoms with Crippen molar-refractivity contribution in [3.8, 4) is 0 Å². The Hall–Kier alpha value is -2.49. The van der Waals surface area contributed by atoms with Crippen LogP contribution in [0.15, 0.2) is 71.6 Å². The fourth-order valence-corrected chi connectivity index (χ4v) is 6.02. The summed E-state index contributed by atoms with van der Waals surface area (Å²) in [5, 5.41) is 4.07. The lowest BCUT2D eigenvalue weighted by Crippen LogP contribution is -2.51. The van der Waals surface area contributed by atoms with Gasteiger partial charge in [-0.1, -0.05) is 72.4 Å². The van der Waals surface area contributed by atoms with E-state index in [-0.39, 0.29) is 28.1 Å². The molecule has 0 aliphatic carbocycles. The summed E-state index contributed by atoms with van der Waals surface area (Å²) in [5.41, 5.74) is 0.598. The lowest BCUT2D eigenvalue weighted by molar-refractivity contribution is -0.139. The standard InChI is InChI=1S/C28H29Cl4N3O4S/c1-18(2)15-33-28(37)19(3)34(16-24-25(31)8-5-9-26(24)32)27(36)17-35(22-7-4-6-21(30)14-22)40(38,39)23-12-10-20(29)11-13-23/h4-14,18-19H,15-17H2,1-3H3,(H,33,37). The third kappa shape index (κ3) is 8.04. The predicted molar refractivity (Wildman–Crippen MR) is 162 cm³/mol. The molecule has 7 nitrogen and oxygen atoms in total. The number of halogens is 4. The molecule has 3 rings (SSSR count). The van der Waals surface area contributed by atoms with Gasteiger partial charge in [0.25, 0.3) is 10.0 Å². The minimum atomic E-state index is -4.26. The van der Waals surface area contributed by atoms with E-state index in [1.807, 2.05) is 13.8 Å². The molecule has 0 spiro atoms. The van der Waals surface area contributed by atoms with Gasteiger partial charge in [0.2, 0.25) is 11.8 Å². The number of nitrogens with zero attached hydrogens (tertiary/aromatic N) is 2. The summed E-state index contributed by atoms with van der Waals surface area (Å²) in [4.78, 5) is 28.2. The molecule has 0 fully saturated rings. The van der Waals surface area contributed by atoms with Crippen molar-refractivity contribution in [2.24, 2.45) is 5.92 Å². The molecule has 3 aromatic rings. The van der Waals surface area contributed by atoms with Crippen LogP contribution in [-0.2, 0) is 26.2 Å². The molecule has 40 heavy (non-hydrogen) atoms. The van der Waals surface area contributed by atoms with Gasteiger partial charge in [-0.2, -0.15) is 0 Å². The van der Waals surface area contributed by atoms with Crippen molar-refractivity contribution in [1.82, 2.24) is 10.2 Å². The molecule has 0 aliphatic rings. The van der Waals surface area contributed by atoms with Crippen LogP contribution in [-0.4, -0.2) is 44.3 Å². The molecule has 1 atom stereocenters. The topological polar surface area (TPSA) is 86.8 Å². The van der Waals surface area contributed by atoms with Crippen LogP contribution in [0, 0.1) is 5.92 Å². The molecule has 1 unspecified atom stereocenters. The summed E-state index contributed by atoms with van der Waals surface area (Å²) >= 11 is 24.9. The lowest BCUT2D eigenvalue weighted by Gasteiger charge is -2.32. The second-order valence-electron chi connectivity index (χ2n) is 9.48. The average molecular weight is 645 g/mol. The van der Waals surface area contributed by atoms with Crippen molar-refractivity contribution in [2.75, 3.05) is 17.4 Å². The number of carbonyl (C=O) groups is 2. The van der Waals surface area contributed by atoms with E-state index in [2.05, 4.69) is 5.32 Å². The Morgan fingerprint density at radius 1 is 0.850 bits per heavy atom. The number of anilines is 1. The van der Waals surface area contributed by atoms with Gasteiger partial charge in [-0.05, 0) is 67.4 Å². The Morgan fingerprint density at radius 2 is 1.45 bits per heavy atom. The minimum Gasteiger partial charge on any atom is -0.354 e. The Bertz CT molecular complexity index is 1450. The molecule has 2 amide bonds. The minimum absolute atomic E-state index is 0.0758. The SMILES string of the molecule is CC(C)CNC(=O)C(C)N(Cc1c(Cl)cccc1Cl)C(=O)CN(c1cccc(Cl)c1)S(=O)(=O)c1ccc(Cl)cc1. The Morgan fingerprint density at radius 3 is 2.02 bits per heavy atom. The molecule has 0 aliphatic heterocycles. The van der Waals surface area contributed by atoms with Crippen molar-refractivity contribution in [3.63, 3.8) is 0 Å². The number of amides is 2. The Kier molecular flexibility index (Phi) is 11.1. The van der Waals surface area contributed by atoms with Crippen LogP contribution in [0.1, 0.15) is 26.3 Å². The van der Waals surface area contributed by atoms with Crippen molar-refractivity contribution in [3.05, 3.63) is 92.4 Å². The molecular weight excluding hydrogens is 616 g/mol. The van der Waals surface area contributed by atoms with Crippen molar-refractivity contribution < 1.29 is 18.0 Å². The van der Waals surface area contributed by atoms with Crippen LogP contribution >= 0.6 is 46.4 Å². The van der Waals surface area contributed by atoms with E-state index in [1.165, 1.54) is 41.3 Å². The first-order valence-electron chi connectivity index (χ1n) is 12.3. The number of hydrogen-bond donors (Lipinski definition) is 1. The van der Waals surface area contributed by atoms with Gasteiger partial charge in [0, 0.05) is 38.7 Å². The number of nitrogens with one attached hydrogen (secondary N) is 1. The van der Waals surface area contributed by atoms with E-state index in [0.29, 0.717) is 27.2 Å². The van der Waals surface area contributed by atoms with E-state index in [9.17, 15) is 18.0 Å². The predicted octanol–water partition coefficient (Wildman–Crippen LogP) is 6.69. The third-order valence-corrected chi connectivity index (χ3v) is 9.00. The van der Waals surface area contributed by atoms with E-state index < -0.39 is 34.4 Å². The number of hydrogen-bond acceptors (Lipinski definition) is 4. The molecule has 1 N–H and O–H groups in total. The first-order valence-corrected chi connectivity index (χ1v) is 15.3. The zero-order valence-electron chi connectivity index (χ0n) is 22.1. The van der Waals surface area contributed by atoms with E-state index in [4.69, 9.17) is 46.4 Å². The highest BCUT2D eigenvalue weighted by molar-refractivity contribution is 7.92. The highest BCUT2D eigenvalue weighted by Gasteiger charge is 2.33. The molecule has 0 heterocycles. The molecule has 3 aromatic carbocycles. The second-order valence-corrected chi connectivity index (χ2v) is 13.0. The molecule has 0 radical (unpaired) electrons. The number of sulfonamides is 1. The largest absolute Gasteiger partial charge is 0.354 e. The molecule has 0 saturated carbocycles. The Balaban J connectivity index is 2.05. The van der Waals surface area contributed by atoms with E-state index in [1.54, 1.807) is 37.3 Å². The number of rotatable bonds is 11. The van der Waals surface area contributed by atoms with Crippen LogP contribution in [0.5, 0.6) is 0 Å². The summed E-state index contributed by atoms with van der Waals surface area (Å²) < 4.78 is 28.6. The highest BCUT2D eigenvalue weighted by Crippen LogP contribution is 2.29. The normalized spacial score (nSPS) is 12.2. The van der Waals surface area contributed by atoms with Crippen LogP contribution in [0.4, 0.5) is 5.69 Å². The van der Waals surface area contributed by atoms with Crippen LogP contribution in [0.2, 0.25) is 20.1 Å². The monoisotopic (exact) mass is 643 g/mol. The smallest absolute Gasteiger partial charge is 0.264 e. The van der Waals surface area contributed by atoms with Gasteiger partial charge in [0.05, 0.1) is 10.6 Å². The van der Waals surface area contributed by atoms with Crippen LogP contribution < -0.4 is 9.62 Å². The number of benzene rings is 3. The summed E-state index contributed by atoms with van der Waals surface area (Å²) in [6.45, 7) is 5.10. The van der Waals surface area contributed by atoms with Gasteiger partial charge in [-0.3, -0.25) is 13.9 Å². The van der Waals surface area contributed by atoms with Crippen molar-refractivity contribution >= 4 is 73.9 Å². The average Bonchev–Trinajstić information content (AvgIpc) is 2.89. The molecule has 0 aromatic heterocycles. The summed E-state index contributed by atoms with van der Waals surface area (Å²) in [5.74, 6) is -0.873. The Labute approximate surface area is 255 Å². The van der Waals surface area contributed by atoms with Crippen molar-refractivity contribution in [1.29, 1.82) is 0 Å². The molecule has 214 valence electrons. The molecular formula is C28H29Cl4N3O4S. The zero-order valence-corrected chi connectivity index (χ0v) is 25.9. The lowest BCUT2D eigenvalue weighted by atomic mass is 10.1. The van der Waals surface area contributed by atoms with E-state index in [0.717, 1.165) is 4.31 Å². The maximum absolute atomic E-state index is 14.0. The highest BCUT2D eigenvalue weighted by atomic mass is 35.5. The second kappa shape index (κ2) is 13.9. The van der Waals surface area contributed by atoms with Gasteiger partial charge in [-0.15, -0.1) is 0 Å². The molecule has 0 saturated heterocycles. The van der Waals surface area contributed by atoms with Gasteiger partial charge in [-0.25, -0.2) is 8.42 Å². The van der Waals surface area contributed by atoms with Gasteiger partial charge in [0.15, 0.2) is 0 Å². The zero-order chi connectivity index (χ0) is 29.6. The maximum Gasteiger partial charge on any atom is 0.264 e. The fourth-order valence-electron chi connectivity index (χ4n) is 3.78. The maximum atomic E-state index is 14.0. The quantitative estimate of drug-likeness (QED) is 0.252. The third-order valence-electron chi connectivity index (χ3n) is 6.02.